The molecule has 1 aromatic heterocycles. The molecule has 0 spiro atoms. The Bertz CT molecular complexity index is 886. The van der Waals surface area contributed by atoms with Crippen LogP contribution in [0.1, 0.15) is 31.2 Å². The van der Waals surface area contributed by atoms with Crippen LogP contribution >= 0.6 is 23.5 Å². The molecule has 0 bridgehead atoms. The van der Waals surface area contributed by atoms with Crippen molar-refractivity contribution >= 4 is 34.5 Å². The standard InChI is InChI=1S/C29H47N3O9S2/c1-42-28(34)8-10-35-12-14-37-16-18-39-20-22-41-23-21-40-19-17-38-15-13-36-11-9-30-27(33)7-5-3-4-6-26-24-31-29(43-2)32-25-26/h24-25H,3,5,7-23H2,1-2H3,(H,30,33). The average molecular weight is 646 g/mol. The lowest BCUT2D eigenvalue weighted by atomic mass is 10.2. The van der Waals surface area contributed by atoms with Crippen LogP contribution in [0.5, 0.6) is 0 Å². The molecule has 0 aromatic carbocycles. The first-order valence-electron chi connectivity index (χ1n) is 14.4. The van der Waals surface area contributed by atoms with Crippen molar-refractivity contribution < 1.29 is 42.7 Å². The van der Waals surface area contributed by atoms with Gasteiger partial charge in [0, 0.05) is 38.2 Å². The van der Waals surface area contributed by atoms with Gasteiger partial charge in [-0.25, -0.2) is 9.97 Å². The van der Waals surface area contributed by atoms with E-state index in [1.807, 2.05) is 6.26 Å². The zero-order chi connectivity index (χ0) is 31.1. The maximum atomic E-state index is 11.9. The molecule has 0 saturated heterocycles. The first-order chi connectivity index (χ1) is 21.2. The summed E-state index contributed by atoms with van der Waals surface area (Å²) in [5.74, 6) is 6.04. The van der Waals surface area contributed by atoms with E-state index in [1.54, 1.807) is 18.6 Å². The summed E-state index contributed by atoms with van der Waals surface area (Å²) in [6, 6.07) is 0. The third-order valence-electron chi connectivity index (χ3n) is 5.23. The third kappa shape index (κ3) is 26.3. The molecule has 0 aliphatic rings. The Balaban J connectivity index is 1.73. The van der Waals surface area contributed by atoms with Crippen LogP contribution in [-0.4, -0.2) is 133 Å². The molecule has 0 saturated carbocycles. The van der Waals surface area contributed by atoms with Crippen LogP contribution in [0, 0.1) is 11.8 Å². The maximum Gasteiger partial charge on any atom is 0.220 e. The van der Waals surface area contributed by atoms with Gasteiger partial charge in [-0.1, -0.05) is 35.4 Å². The Morgan fingerprint density at radius 2 is 1.16 bits per heavy atom. The lowest BCUT2D eigenvalue weighted by molar-refractivity contribution is -0.121. The second-order valence-electron chi connectivity index (χ2n) is 8.58. The van der Waals surface area contributed by atoms with Gasteiger partial charge in [-0.3, -0.25) is 9.59 Å². The summed E-state index contributed by atoms with van der Waals surface area (Å²) in [5.41, 5.74) is 0.773. The Morgan fingerprint density at radius 3 is 1.63 bits per heavy atom. The van der Waals surface area contributed by atoms with Crippen molar-refractivity contribution in [1.29, 1.82) is 0 Å². The van der Waals surface area contributed by atoms with Gasteiger partial charge in [-0.2, -0.15) is 0 Å². The Hall–Kier alpha value is -1.80. The number of carbonyl (C=O) groups is 2. The highest BCUT2D eigenvalue weighted by atomic mass is 32.2. The van der Waals surface area contributed by atoms with Crippen molar-refractivity contribution in [3.05, 3.63) is 18.0 Å². The number of unbranched alkanes of at least 4 members (excludes halogenated alkanes) is 1. The van der Waals surface area contributed by atoms with Gasteiger partial charge < -0.3 is 38.5 Å². The number of ether oxygens (including phenoxy) is 7. The molecule has 1 amide bonds. The molecular formula is C29H47N3O9S2. The summed E-state index contributed by atoms with van der Waals surface area (Å²) in [7, 11) is 0. The van der Waals surface area contributed by atoms with Gasteiger partial charge in [0.2, 0.25) is 5.91 Å². The van der Waals surface area contributed by atoms with Crippen molar-refractivity contribution in [2.24, 2.45) is 0 Å². The summed E-state index contributed by atoms with van der Waals surface area (Å²) in [6.45, 7) is 7.07. The minimum atomic E-state index is -0.0103. The fraction of sp³-hybridized carbons (Fsp3) is 0.724. The Morgan fingerprint density at radius 1 is 0.698 bits per heavy atom. The molecular weight excluding hydrogens is 598 g/mol. The van der Waals surface area contributed by atoms with E-state index < -0.39 is 0 Å². The van der Waals surface area contributed by atoms with Gasteiger partial charge in [0.25, 0.3) is 0 Å². The quantitative estimate of drug-likeness (QED) is 0.0618. The number of thioether (sulfide) groups is 2. The van der Waals surface area contributed by atoms with E-state index in [4.69, 9.17) is 33.2 Å². The SMILES string of the molecule is CSC(=O)CCOCCOCCOCCOCCOCCOCCOCCNC(=O)CCCC#Cc1cnc(SC)nc1. The van der Waals surface area contributed by atoms with Crippen molar-refractivity contribution in [3.8, 4) is 11.8 Å². The number of hydrogen-bond donors (Lipinski definition) is 1. The van der Waals surface area contributed by atoms with Gasteiger partial charge in [0.05, 0.1) is 98.1 Å². The van der Waals surface area contributed by atoms with E-state index >= 15 is 0 Å². The summed E-state index contributed by atoms with van der Waals surface area (Å²) >= 11 is 2.70. The second kappa shape index (κ2) is 30.2. The number of nitrogens with one attached hydrogen (secondary N) is 1. The zero-order valence-corrected chi connectivity index (χ0v) is 27.1. The highest BCUT2D eigenvalue weighted by Gasteiger charge is 2.01. The van der Waals surface area contributed by atoms with Gasteiger partial charge in [0.15, 0.2) is 10.3 Å². The lowest BCUT2D eigenvalue weighted by Gasteiger charge is -2.08. The number of hydrogen-bond acceptors (Lipinski definition) is 13. The Kier molecular flexibility index (Phi) is 27.6. The van der Waals surface area contributed by atoms with Gasteiger partial charge in [-0.15, -0.1) is 0 Å². The van der Waals surface area contributed by atoms with E-state index in [-0.39, 0.29) is 11.0 Å². The van der Waals surface area contributed by atoms with Crippen molar-refractivity contribution in [1.82, 2.24) is 15.3 Å². The normalized spacial score (nSPS) is 10.8. The molecule has 0 fully saturated rings. The van der Waals surface area contributed by atoms with E-state index in [0.29, 0.717) is 125 Å². The summed E-state index contributed by atoms with van der Waals surface area (Å²) in [6.07, 6.45) is 9.28. The van der Waals surface area contributed by atoms with Crippen LogP contribution in [-0.2, 0) is 42.7 Å². The molecule has 1 N–H and O–H groups in total. The molecule has 244 valence electrons. The number of rotatable bonds is 28. The Labute approximate surface area is 264 Å². The third-order valence-corrected chi connectivity index (χ3v) is 6.46. The molecule has 14 heteroatoms. The predicted molar refractivity (Wildman–Crippen MR) is 166 cm³/mol. The molecule has 43 heavy (non-hydrogen) atoms. The molecule has 0 radical (unpaired) electrons. The van der Waals surface area contributed by atoms with Crippen molar-refractivity contribution in [3.63, 3.8) is 0 Å². The van der Waals surface area contributed by atoms with Crippen LogP contribution in [0.3, 0.4) is 0 Å². The topological polar surface area (TPSA) is 137 Å². The van der Waals surface area contributed by atoms with Crippen LogP contribution in [0.4, 0.5) is 0 Å². The van der Waals surface area contributed by atoms with Gasteiger partial charge >= 0.3 is 0 Å². The van der Waals surface area contributed by atoms with Gasteiger partial charge in [-0.05, 0) is 18.9 Å². The molecule has 0 aliphatic heterocycles. The predicted octanol–water partition coefficient (Wildman–Crippen LogP) is 2.23. The van der Waals surface area contributed by atoms with Crippen LogP contribution in [0.25, 0.3) is 0 Å². The number of nitrogens with zero attached hydrogens (tertiary/aromatic N) is 2. The van der Waals surface area contributed by atoms with Gasteiger partial charge in [0.1, 0.15) is 0 Å². The minimum absolute atomic E-state index is 0.0103. The lowest BCUT2D eigenvalue weighted by Crippen LogP contribution is -2.27. The second-order valence-corrected chi connectivity index (χ2v) is 10.2. The van der Waals surface area contributed by atoms with E-state index in [2.05, 4.69) is 27.1 Å². The molecule has 0 unspecified atom stereocenters. The monoisotopic (exact) mass is 645 g/mol. The summed E-state index contributed by atoms with van der Waals surface area (Å²) < 4.78 is 38.0. The number of aromatic nitrogens is 2. The highest BCUT2D eigenvalue weighted by molar-refractivity contribution is 8.13. The smallest absolute Gasteiger partial charge is 0.220 e. The van der Waals surface area contributed by atoms with E-state index in [1.165, 1.54) is 23.5 Å². The molecule has 0 atom stereocenters. The van der Waals surface area contributed by atoms with E-state index in [0.717, 1.165) is 10.7 Å². The molecule has 0 aliphatic carbocycles. The van der Waals surface area contributed by atoms with Crippen molar-refractivity contribution in [2.45, 2.75) is 30.8 Å². The molecule has 1 aromatic rings. The molecule has 12 nitrogen and oxygen atoms in total. The number of carbonyl (C=O) groups excluding carboxylic acids is 2. The van der Waals surface area contributed by atoms with E-state index in [9.17, 15) is 9.59 Å². The molecule has 1 heterocycles. The minimum Gasteiger partial charge on any atom is -0.379 e. The average Bonchev–Trinajstić information content (AvgIpc) is 3.03. The fourth-order valence-corrected chi connectivity index (χ4v) is 3.62. The first kappa shape index (κ1) is 39.2. The largest absolute Gasteiger partial charge is 0.379 e. The summed E-state index contributed by atoms with van der Waals surface area (Å²) in [5, 5.41) is 3.68. The molecule has 1 rings (SSSR count). The fourth-order valence-electron chi connectivity index (χ4n) is 3.02. The van der Waals surface area contributed by atoms with Crippen molar-refractivity contribution in [2.75, 3.05) is 112 Å². The van der Waals surface area contributed by atoms with Crippen LogP contribution in [0.15, 0.2) is 17.6 Å². The maximum absolute atomic E-state index is 11.9. The first-order valence-corrected chi connectivity index (χ1v) is 16.8. The summed E-state index contributed by atoms with van der Waals surface area (Å²) in [4.78, 5) is 31.3. The zero-order valence-electron chi connectivity index (χ0n) is 25.5. The van der Waals surface area contributed by atoms with Crippen LogP contribution < -0.4 is 5.32 Å². The van der Waals surface area contributed by atoms with Crippen LogP contribution in [0.2, 0.25) is 0 Å². The highest BCUT2D eigenvalue weighted by Crippen LogP contribution is 2.06. The number of amides is 1.